The Bertz CT molecular complexity index is 1100. The van der Waals surface area contributed by atoms with Gasteiger partial charge in [-0.15, -0.1) is 0 Å². The molecule has 10 heteroatoms. The molecule has 166 valence electrons. The van der Waals surface area contributed by atoms with E-state index in [2.05, 4.69) is 25.2 Å². The number of H-pyrrole nitrogens is 1. The van der Waals surface area contributed by atoms with Crippen molar-refractivity contribution >= 4 is 34.7 Å². The van der Waals surface area contributed by atoms with Crippen molar-refractivity contribution in [2.24, 2.45) is 0 Å². The molecular weight excluding hydrogens is 430 g/mol. The normalized spacial score (nSPS) is 13.7. The minimum Gasteiger partial charge on any atom is -0.495 e. The molecule has 0 bridgehead atoms. The highest BCUT2D eigenvalue weighted by molar-refractivity contribution is 6.32. The molecule has 1 amide bonds. The molecule has 1 aliphatic rings. The Balaban J connectivity index is 1.34. The van der Waals surface area contributed by atoms with Gasteiger partial charge in [0.25, 0.3) is 0 Å². The number of nitrogens with one attached hydrogen (secondary N) is 3. The van der Waals surface area contributed by atoms with Crippen LogP contribution in [0.15, 0.2) is 48.9 Å². The summed E-state index contributed by atoms with van der Waals surface area (Å²) in [5.41, 5.74) is 1.81. The van der Waals surface area contributed by atoms with Crippen molar-refractivity contribution in [3.05, 3.63) is 65.3 Å². The molecule has 0 radical (unpaired) electrons. The fourth-order valence-electron chi connectivity index (χ4n) is 3.61. The SMILES string of the molecule is COc1cc(N2CCN(C(=O)CNc3ncccc3C(=N)c3ncc[nH]3)CC2)ccc1Cl. The average molecular weight is 454 g/mol. The molecule has 4 rings (SSSR count). The molecule has 0 aliphatic carbocycles. The summed E-state index contributed by atoms with van der Waals surface area (Å²) in [6, 6.07) is 9.23. The first kappa shape index (κ1) is 21.6. The lowest BCUT2D eigenvalue weighted by molar-refractivity contribution is -0.129. The van der Waals surface area contributed by atoms with Gasteiger partial charge in [-0.05, 0) is 24.3 Å². The molecular formula is C22H24ClN7O2. The number of methoxy groups -OCH3 is 1. The van der Waals surface area contributed by atoms with Crippen LogP contribution in [-0.4, -0.2) is 71.3 Å². The average Bonchev–Trinajstić information content (AvgIpc) is 3.38. The lowest BCUT2D eigenvalue weighted by atomic mass is 10.1. The van der Waals surface area contributed by atoms with Crippen LogP contribution in [0.25, 0.3) is 0 Å². The van der Waals surface area contributed by atoms with Gasteiger partial charge in [0.2, 0.25) is 5.91 Å². The van der Waals surface area contributed by atoms with Crippen molar-refractivity contribution in [2.45, 2.75) is 0 Å². The van der Waals surface area contributed by atoms with Crippen LogP contribution in [-0.2, 0) is 4.79 Å². The van der Waals surface area contributed by atoms with Crippen molar-refractivity contribution in [1.29, 1.82) is 5.41 Å². The number of anilines is 2. The third-order valence-corrected chi connectivity index (χ3v) is 5.66. The number of rotatable bonds is 7. The first-order valence-corrected chi connectivity index (χ1v) is 10.6. The Morgan fingerprint density at radius 2 is 2.03 bits per heavy atom. The molecule has 3 heterocycles. The molecule has 3 N–H and O–H groups in total. The predicted octanol–water partition coefficient (Wildman–Crippen LogP) is 2.64. The molecule has 1 saturated heterocycles. The van der Waals surface area contributed by atoms with Crippen LogP contribution in [0.4, 0.5) is 11.5 Å². The van der Waals surface area contributed by atoms with Crippen LogP contribution in [0.5, 0.6) is 5.75 Å². The quantitative estimate of drug-likeness (QED) is 0.474. The van der Waals surface area contributed by atoms with Gasteiger partial charge in [0.1, 0.15) is 17.3 Å². The number of benzene rings is 1. The van der Waals surface area contributed by atoms with Crippen LogP contribution in [0.3, 0.4) is 0 Å². The Hall–Kier alpha value is -3.59. The number of piperazine rings is 1. The van der Waals surface area contributed by atoms with Crippen LogP contribution in [0.1, 0.15) is 11.4 Å². The van der Waals surface area contributed by atoms with E-state index in [1.807, 2.05) is 23.1 Å². The molecule has 1 aliphatic heterocycles. The Morgan fingerprint density at radius 3 is 2.75 bits per heavy atom. The monoisotopic (exact) mass is 453 g/mol. The van der Waals surface area contributed by atoms with Crippen molar-refractivity contribution < 1.29 is 9.53 Å². The van der Waals surface area contributed by atoms with Gasteiger partial charge in [0, 0.05) is 62.1 Å². The lowest BCUT2D eigenvalue weighted by Gasteiger charge is -2.36. The number of aromatic nitrogens is 3. The molecule has 0 spiro atoms. The van der Waals surface area contributed by atoms with Crippen molar-refractivity contribution in [3.63, 3.8) is 0 Å². The number of pyridine rings is 1. The number of halogens is 1. The van der Waals surface area contributed by atoms with Crippen LogP contribution >= 0.6 is 11.6 Å². The third kappa shape index (κ3) is 4.67. The van der Waals surface area contributed by atoms with Gasteiger partial charge in [-0.3, -0.25) is 10.2 Å². The van der Waals surface area contributed by atoms with E-state index in [-0.39, 0.29) is 18.2 Å². The molecule has 2 aromatic heterocycles. The highest BCUT2D eigenvalue weighted by Crippen LogP contribution is 2.29. The second-order valence-corrected chi connectivity index (χ2v) is 7.66. The van der Waals surface area contributed by atoms with Gasteiger partial charge in [0.15, 0.2) is 5.82 Å². The number of aromatic amines is 1. The van der Waals surface area contributed by atoms with Crippen molar-refractivity contribution in [1.82, 2.24) is 19.9 Å². The first-order valence-electron chi connectivity index (χ1n) is 10.2. The van der Waals surface area contributed by atoms with Gasteiger partial charge in [-0.25, -0.2) is 9.97 Å². The van der Waals surface area contributed by atoms with E-state index in [1.54, 1.807) is 37.8 Å². The summed E-state index contributed by atoms with van der Waals surface area (Å²) in [5.74, 6) is 1.55. The standard InChI is InChI=1S/C22H24ClN7O2/c1-32-18-13-15(4-5-17(18)23)29-9-11-30(12-10-29)19(31)14-28-21-16(3-2-6-25-21)20(24)22-26-7-8-27-22/h2-8,13,24H,9-12,14H2,1H3,(H,25,28)(H,26,27). The van der Waals surface area contributed by atoms with Gasteiger partial charge >= 0.3 is 0 Å². The van der Waals surface area contributed by atoms with E-state index in [4.69, 9.17) is 21.7 Å². The van der Waals surface area contributed by atoms with E-state index in [1.165, 1.54) is 0 Å². The maximum absolute atomic E-state index is 12.8. The topological polar surface area (TPSA) is 110 Å². The summed E-state index contributed by atoms with van der Waals surface area (Å²) < 4.78 is 5.30. The summed E-state index contributed by atoms with van der Waals surface area (Å²) in [4.78, 5) is 28.2. The smallest absolute Gasteiger partial charge is 0.242 e. The Kier molecular flexibility index (Phi) is 6.55. The summed E-state index contributed by atoms with van der Waals surface area (Å²) in [6.07, 6.45) is 4.89. The number of ether oxygens (including phenoxy) is 1. The van der Waals surface area contributed by atoms with Crippen LogP contribution in [0, 0.1) is 5.41 Å². The fraction of sp³-hybridized carbons (Fsp3) is 0.273. The minimum atomic E-state index is -0.0144. The maximum atomic E-state index is 12.8. The molecule has 0 saturated carbocycles. The fourth-order valence-corrected chi connectivity index (χ4v) is 3.80. The molecule has 3 aromatic rings. The second-order valence-electron chi connectivity index (χ2n) is 7.25. The zero-order chi connectivity index (χ0) is 22.5. The molecule has 0 atom stereocenters. The Morgan fingerprint density at radius 1 is 1.22 bits per heavy atom. The number of imidazole rings is 1. The second kappa shape index (κ2) is 9.69. The van der Waals surface area contributed by atoms with Gasteiger partial charge < -0.3 is 24.8 Å². The number of nitrogens with zero attached hydrogens (tertiary/aromatic N) is 4. The summed E-state index contributed by atoms with van der Waals surface area (Å²) in [5, 5.41) is 12.0. The largest absolute Gasteiger partial charge is 0.495 e. The molecule has 1 aromatic carbocycles. The number of amides is 1. The lowest BCUT2D eigenvalue weighted by Crippen LogP contribution is -2.50. The van der Waals surface area contributed by atoms with Gasteiger partial charge in [0.05, 0.1) is 18.7 Å². The van der Waals surface area contributed by atoms with E-state index in [0.29, 0.717) is 54.2 Å². The highest BCUT2D eigenvalue weighted by Gasteiger charge is 2.22. The molecule has 9 nitrogen and oxygen atoms in total. The zero-order valence-electron chi connectivity index (χ0n) is 17.6. The van der Waals surface area contributed by atoms with E-state index >= 15 is 0 Å². The summed E-state index contributed by atoms with van der Waals surface area (Å²) >= 11 is 6.12. The number of hydrogen-bond acceptors (Lipinski definition) is 7. The third-order valence-electron chi connectivity index (χ3n) is 5.35. The minimum absolute atomic E-state index is 0.0144. The molecule has 0 unspecified atom stereocenters. The van der Waals surface area contributed by atoms with Gasteiger partial charge in [-0.1, -0.05) is 11.6 Å². The zero-order valence-corrected chi connectivity index (χ0v) is 18.4. The Labute approximate surface area is 190 Å². The highest BCUT2D eigenvalue weighted by atomic mass is 35.5. The molecule has 1 fully saturated rings. The van der Waals surface area contributed by atoms with E-state index < -0.39 is 0 Å². The van der Waals surface area contributed by atoms with E-state index in [9.17, 15) is 4.79 Å². The predicted molar refractivity (Wildman–Crippen MR) is 124 cm³/mol. The summed E-state index contributed by atoms with van der Waals surface area (Å²) in [6.45, 7) is 2.76. The number of carbonyl (C=O) groups is 1. The van der Waals surface area contributed by atoms with Crippen molar-refractivity contribution in [3.8, 4) is 5.75 Å². The summed E-state index contributed by atoms with van der Waals surface area (Å²) in [7, 11) is 1.59. The number of hydrogen-bond donors (Lipinski definition) is 3. The number of carbonyl (C=O) groups excluding carboxylic acids is 1. The van der Waals surface area contributed by atoms with Crippen molar-refractivity contribution in [2.75, 3.05) is 50.1 Å². The molecule has 32 heavy (non-hydrogen) atoms. The van der Waals surface area contributed by atoms with Gasteiger partial charge in [-0.2, -0.15) is 0 Å². The van der Waals surface area contributed by atoms with Crippen LogP contribution in [0.2, 0.25) is 5.02 Å². The van der Waals surface area contributed by atoms with Crippen LogP contribution < -0.4 is 15.0 Å². The van der Waals surface area contributed by atoms with E-state index in [0.717, 1.165) is 5.69 Å². The first-order chi connectivity index (χ1) is 15.6. The maximum Gasteiger partial charge on any atom is 0.242 e.